The number of halogens is 4. The summed E-state index contributed by atoms with van der Waals surface area (Å²) < 4.78 is -1.94. The van der Waals surface area contributed by atoms with Gasteiger partial charge < -0.3 is 5.32 Å². The summed E-state index contributed by atoms with van der Waals surface area (Å²) in [4.78, 5) is 13.4. The summed E-state index contributed by atoms with van der Waals surface area (Å²) >= 11 is 23.6. The van der Waals surface area contributed by atoms with Crippen LogP contribution in [-0.4, -0.2) is 20.5 Å². The summed E-state index contributed by atoms with van der Waals surface area (Å²) in [5.74, 6) is -0.682. The van der Waals surface area contributed by atoms with Crippen LogP contribution in [0.1, 0.15) is 0 Å². The number of nitrogens with one attached hydrogen (secondary N) is 1. The van der Waals surface area contributed by atoms with Crippen LogP contribution in [0.25, 0.3) is 0 Å². The molecule has 3 aromatic carbocycles. The highest BCUT2D eigenvalue weighted by Crippen LogP contribution is 2.46. The molecule has 1 N–H and O–H groups in total. The SMILES string of the molecule is N#CC(C(=O)N[C@@H](Cl)C(Cl)(Cl)Cl)=P(c1ccccc1)(c1ccccc1)c1ccccc1. The van der Waals surface area contributed by atoms with Crippen LogP contribution >= 0.6 is 53.3 Å². The van der Waals surface area contributed by atoms with E-state index in [0.717, 1.165) is 15.9 Å². The molecule has 158 valence electrons. The summed E-state index contributed by atoms with van der Waals surface area (Å²) in [6, 6.07) is 30.7. The molecule has 1 amide bonds. The first-order valence-corrected chi connectivity index (χ1v) is 12.5. The van der Waals surface area contributed by atoms with Crippen molar-refractivity contribution < 1.29 is 4.79 Å². The minimum Gasteiger partial charge on any atom is -0.331 e. The zero-order chi connectivity index (χ0) is 22.5. The van der Waals surface area contributed by atoms with Crippen LogP contribution in [0.3, 0.4) is 0 Å². The van der Waals surface area contributed by atoms with E-state index >= 15 is 0 Å². The molecule has 0 aromatic heterocycles. The van der Waals surface area contributed by atoms with Gasteiger partial charge in [-0.3, -0.25) is 4.79 Å². The number of hydrogen-bond acceptors (Lipinski definition) is 2. The second kappa shape index (κ2) is 10.1. The third-order valence-corrected chi connectivity index (χ3v) is 10.3. The van der Waals surface area contributed by atoms with Gasteiger partial charge in [-0.25, -0.2) is 0 Å². The van der Waals surface area contributed by atoms with Gasteiger partial charge in [0.05, 0.1) is 0 Å². The molecule has 3 nitrogen and oxygen atoms in total. The molecule has 3 aromatic rings. The monoisotopic (exact) mass is 508 g/mol. The van der Waals surface area contributed by atoms with E-state index < -0.39 is 22.1 Å². The van der Waals surface area contributed by atoms with E-state index in [4.69, 9.17) is 46.4 Å². The molecule has 0 aliphatic heterocycles. The number of nitrogens with zero attached hydrogens (tertiary/aromatic N) is 1. The minimum absolute atomic E-state index is 0.0102. The first-order valence-electron chi connectivity index (χ1n) is 9.17. The lowest BCUT2D eigenvalue weighted by Crippen LogP contribution is -2.45. The van der Waals surface area contributed by atoms with E-state index in [-0.39, 0.29) is 5.29 Å². The Bertz CT molecular complexity index is 1040. The smallest absolute Gasteiger partial charge is 0.264 e. The van der Waals surface area contributed by atoms with E-state index in [9.17, 15) is 10.1 Å². The van der Waals surface area contributed by atoms with Crippen LogP contribution < -0.4 is 21.2 Å². The van der Waals surface area contributed by atoms with Crippen molar-refractivity contribution in [2.45, 2.75) is 9.29 Å². The van der Waals surface area contributed by atoms with Crippen LogP contribution in [-0.2, 0) is 4.79 Å². The van der Waals surface area contributed by atoms with E-state index in [1.807, 2.05) is 91.0 Å². The minimum atomic E-state index is -2.87. The van der Waals surface area contributed by atoms with Crippen molar-refractivity contribution in [1.29, 1.82) is 5.26 Å². The van der Waals surface area contributed by atoms with Crippen LogP contribution in [0.2, 0.25) is 0 Å². The van der Waals surface area contributed by atoms with Crippen molar-refractivity contribution in [3.63, 3.8) is 0 Å². The Morgan fingerprint density at radius 2 is 1.16 bits per heavy atom. The summed E-state index contributed by atoms with van der Waals surface area (Å²) in [6.45, 7) is -2.87. The van der Waals surface area contributed by atoms with E-state index in [1.54, 1.807) is 0 Å². The third kappa shape index (κ3) is 4.96. The van der Waals surface area contributed by atoms with Crippen LogP contribution in [0.15, 0.2) is 91.0 Å². The summed E-state index contributed by atoms with van der Waals surface area (Å²) in [7, 11) is 0. The predicted octanol–water partition coefficient (Wildman–Crippen LogP) is 4.73. The van der Waals surface area contributed by atoms with Crippen LogP contribution in [0.4, 0.5) is 0 Å². The van der Waals surface area contributed by atoms with Gasteiger partial charge in [0.1, 0.15) is 11.4 Å². The second-order valence-corrected chi connectivity index (χ2v) is 12.7. The topological polar surface area (TPSA) is 52.9 Å². The van der Waals surface area contributed by atoms with Crippen molar-refractivity contribution in [1.82, 2.24) is 5.32 Å². The van der Waals surface area contributed by atoms with Gasteiger partial charge in [-0.2, -0.15) is 5.26 Å². The Morgan fingerprint density at radius 3 is 1.45 bits per heavy atom. The molecule has 0 spiro atoms. The number of benzene rings is 3. The number of alkyl halides is 4. The first kappa shape index (κ1) is 23.7. The quantitative estimate of drug-likeness (QED) is 0.307. The van der Waals surface area contributed by atoms with E-state index in [2.05, 4.69) is 11.4 Å². The summed E-state index contributed by atoms with van der Waals surface area (Å²) in [5.41, 5.74) is -1.32. The zero-order valence-electron chi connectivity index (χ0n) is 16.1. The molecule has 0 saturated carbocycles. The van der Waals surface area contributed by atoms with E-state index in [1.165, 1.54) is 0 Å². The van der Waals surface area contributed by atoms with Crippen molar-refractivity contribution in [2.75, 3.05) is 0 Å². The normalized spacial score (nSPS) is 12.5. The average Bonchev–Trinajstić information content (AvgIpc) is 2.78. The van der Waals surface area contributed by atoms with Crippen molar-refractivity contribution in [2.24, 2.45) is 0 Å². The molecule has 1 atom stereocenters. The maximum atomic E-state index is 13.4. The number of rotatable bonds is 5. The molecule has 8 heteroatoms. The van der Waals surface area contributed by atoms with Crippen molar-refractivity contribution in [3.05, 3.63) is 91.0 Å². The van der Waals surface area contributed by atoms with Gasteiger partial charge in [-0.15, -0.1) is 0 Å². The zero-order valence-corrected chi connectivity index (χ0v) is 20.0. The van der Waals surface area contributed by atoms with Gasteiger partial charge in [0.15, 0.2) is 5.50 Å². The van der Waals surface area contributed by atoms with Crippen LogP contribution in [0.5, 0.6) is 0 Å². The highest BCUT2D eigenvalue weighted by atomic mass is 35.6. The molecule has 3 rings (SSSR count). The molecule has 0 fully saturated rings. The Kier molecular flexibility index (Phi) is 7.76. The Labute approximate surface area is 201 Å². The predicted molar refractivity (Wildman–Crippen MR) is 134 cm³/mol. The molecule has 0 aliphatic rings. The van der Waals surface area contributed by atoms with Crippen molar-refractivity contribution in [3.8, 4) is 6.07 Å². The van der Waals surface area contributed by atoms with Gasteiger partial charge >= 0.3 is 0 Å². The first-order chi connectivity index (χ1) is 14.8. The maximum Gasteiger partial charge on any atom is 0.264 e. The Hall–Kier alpha value is -1.92. The van der Waals surface area contributed by atoms with Gasteiger partial charge in [-0.1, -0.05) is 137 Å². The molecule has 0 saturated heterocycles. The Balaban J connectivity index is 2.44. The lowest BCUT2D eigenvalue weighted by molar-refractivity contribution is -0.114. The van der Waals surface area contributed by atoms with Gasteiger partial charge in [0, 0.05) is 6.89 Å². The van der Waals surface area contributed by atoms with E-state index in [0.29, 0.717) is 0 Å². The highest BCUT2D eigenvalue weighted by molar-refractivity contribution is 7.96. The lowest BCUT2D eigenvalue weighted by atomic mass is 10.3. The fourth-order valence-electron chi connectivity index (χ4n) is 3.33. The molecule has 0 aliphatic carbocycles. The number of amides is 1. The highest BCUT2D eigenvalue weighted by Gasteiger charge is 2.37. The fraction of sp³-hybridized carbons (Fsp3) is 0.0870. The molecule has 0 bridgehead atoms. The second-order valence-electron chi connectivity index (χ2n) is 6.52. The maximum absolute atomic E-state index is 13.4. The summed E-state index contributed by atoms with van der Waals surface area (Å²) in [5, 5.41) is 15.3. The molecule has 0 unspecified atom stereocenters. The van der Waals surface area contributed by atoms with Gasteiger partial charge in [0.25, 0.3) is 5.91 Å². The van der Waals surface area contributed by atoms with Crippen molar-refractivity contribution >= 4 is 80.4 Å². The fourth-order valence-corrected chi connectivity index (χ4v) is 7.64. The number of hydrogen-bond donors (Lipinski definition) is 1. The number of nitriles is 1. The molecular formula is C23H17Cl4N2OP. The molecular weight excluding hydrogens is 493 g/mol. The number of carbonyl (C=O) groups excluding carboxylic acids is 1. The Morgan fingerprint density at radius 1 is 0.806 bits per heavy atom. The van der Waals surface area contributed by atoms with Gasteiger partial charge in [0.2, 0.25) is 3.79 Å². The largest absolute Gasteiger partial charge is 0.331 e. The van der Waals surface area contributed by atoms with Gasteiger partial charge in [-0.05, 0) is 15.9 Å². The molecule has 31 heavy (non-hydrogen) atoms. The molecule has 0 heterocycles. The van der Waals surface area contributed by atoms with Crippen LogP contribution in [0, 0.1) is 11.3 Å². The molecule has 0 radical (unpaired) electrons. The standard InChI is InChI=1S/C23H17Cl4N2OP/c24-22(23(25,26)27)29-21(30)20(16-28)31(17-10-4-1-5-11-17,18-12-6-2-7-13-18)19-14-8-3-9-15-19/h1-15,22H,(H,29,30)/t22-/m1/s1. The lowest BCUT2D eigenvalue weighted by Gasteiger charge is -2.30. The summed E-state index contributed by atoms with van der Waals surface area (Å²) in [6.07, 6.45) is 0. The number of carbonyl (C=O) groups is 1. The third-order valence-electron chi connectivity index (χ3n) is 4.63. The average molecular weight is 510 g/mol.